The first-order valence-corrected chi connectivity index (χ1v) is 9.86. The minimum absolute atomic E-state index is 0.161. The fourth-order valence-electron chi connectivity index (χ4n) is 2.78. The number of hydrogen-bond acceptors (Lipinski definition) is 4. The SMILES string of the molecule is CN=C(NCCCOC1CCOC1)NCCOc1ccc(C(C)(C)C)cc1. The molecule has 2 rings (SSSR count). The van der Waals surface area contributed by atoms with Gasteiger partial charge in [-0.2, -0.15) is 0 Å². The second-order valence-corrected chi connectivity index (χ2v) is 7.76. The van der Waals surface area contributed by atoms with Crippen molar-refractivity contribution in [3.63, 3.8) is 0 Å². The third kappa shape index (κ3) is 8.18. The van der Waals surface area contributed by atoms with Gasteiger partial charge in [-0.3, -0.25) is 4.99 Å². The van der Waals surface area contributed by atoms with Crippen molar-refractivity contribution in [2.45, 2.75) is 45.1 Å². The Balaban J connectivity index is 1.55. The molecule has 0 saturated carbocycles. The molecule has 1 saturated heterocycles. The Morgan fingerprint density at radius 3 is 2.52 bits per heavy atom. The van der Waals surface area contributed by atoms with E-state index in [-0.39, 0.29) is 11.5 Å². The van der Waals surface area contributed by atoms with E-state index in [0.29, 0.717) is 13.2 Å². The van der Waals surface area contributed by atoms with Crippen molar-refractivity contribution in [2.75, 3.05) is 46.6 Å². The molecular formula is C21H35N3O3. The molecule has 1 aromatic carbocycles. The lowest BCUT2D eigenvalue weighted by Gasteiger charge is -2.19. The molecule has 152 valence electrons. The number of aliphatic imine (C=N–C) groups is 1. The van der Waals surface area contributed by atoms with Crippen LogP contribution in [-0.2, 0) is 14.9 Å². The quantitative estimate of drug-likeness (QED) is 0.394. The number of ether oxygens (including phenoxy) is 3. The van der Waals surface area contributed by atoms with Crippen molar-refractivity contribution in [2.24, 2.45) is 4.99 Å². The largest absolute Gasteiger partial charge is 0.492 e. The van der Waals surface area contributed by atoms with Crippen LogP contribution in [0.4, 0.5) is 0 Å². The molecule has 0 bridgehead atoms. The predicted molar refractivity (Wildman–Crippen MR) is 110 cm³/mol. The van der Waals surface area contributed by atoms with Gasteiger partial charge in [0.25, 0.3) is 0 Å². The van der Waals surface area contributed by atoms with Crippen LogP contribution in [0.25, 0.3) is 0 Å². The lowest BCUT2D eigenvalue weighted by Crippen LogP contribution is -2.40. The zero-order valence-electron chi connectivity index (χ0n) is 17.2. The standard InChI is InChI=1S/C21H35N3O3/c1-21(2,3)17-6-8-18(9-7-17)27-15-12-24-20(22-4)23-11-5-13-26-19-10-14-25-16-19/h6-9,19H,5,10-16H2,1-4H3,(H2,22,23,24). The normalized spacial score (nSPS) is 17.8. The molecule has 6 heteroatoms. The Labute approximate surface area is 163 Å². The van der Waals surface area contributed by atoms with E-state index in [2.05, 4.69) is 48.5 Å². The third-order valence-electron chi connectivity index (χ3n) is 4.46. The Kier molecular flexibility index (Phi) is 8.88. The van der Waals surface area contributed by atoms with Crippen LogP contribution in [0, 0.1) is 0 Å². The van der Waals surface area contributed by atoms with E-state index in [1.54, 1.807) is 7.05 Å². The van der Waals surface area contributed by atoms with E-state index in [4.69, 9.17) is 14.2 Å². The summed E-state index contributed by atoms with van der Waals surface area (Å²) in [4.78, 5) is 4.22. The summed E-state index contributed by atoms with van der Waals surface area (Å²) in [5.74, 6) is 1.67. The summed E-state index contributed by atoms with van der Waals surface area (Å²) < 4.78 is 16.8. The number of hydrogen-bond donors (Lipinski definition) is 2. The van der Waals surface area contributed by atoms with Gasteiger partial charge in [-0.05, 0) is 36.0 Å². The van der Waals surface area contributed by atoms with Gasteiger partial charge >= 0.3 is 0 Å². The fourth-order valence-corrected chi connectivity index (χ4v) is 2.78. The maximum atomic E-state index is 5.79. The van der Waals surface area contributed by atoms with E-state index in [1.807, 2.05) is 12.1 Å². The van der Waals surface area contributed by atoms with E-state index >= 15 is 0 Å². The molecule has 6 nitrogen and oxygen atoms in total. The molecular weight excluding hydrogens is 342 g/mol. The van der Waals surface area contributed by atoms with Crippen LogP contribution in [0.3, 0.4) is 0 Å². The molecule has 1 atom stereocenters. The van der Waals surface area contributed by atoms with Crippen LogP contribution in [0.2, 0.25) is 0 Å². The van der Waals surface area contributed by atoms with Gasteiger partial charge in [0, 0.05) is 26.8 Å². The van der Waals surface area contributed by atoms with Gasteiger partial charge in [0.05, 0.1) is 19.3 Å². The molecule has 1 aliphatic rings. The second kappa shape index (κ2) is 11.1. The highest BCUT2D eigenvalue weighted by Crippen LogP contribution is 2.24. The molecule has 1 fully saturated rings. The van der Waals surface area contributed by atoms with Gasteiger partial charge in [-0.25, -0.2) is 0 Å². The monoisotopic (exact) mass is 377 g/mol. The van der Waals surface area contributed by atoms with Gasteiger partial charge in [0.1, 0.15) is 12.4 Å². The van der Waals surface area contributed by atoms with Crippen LogP contribution in [0.15, 0.2) is 29.3 Å². The van der Waals surface area contributed by atoms with Gasteiger partial charge in [-0.1, -0.05) is 32.9 Å². The molecule has 1 unspecified atom stereocenters. The summed E-state index contributed by atoms with van der Waals surface area (Å²) in [5.41, 5.74) is 1.47. The smallest absolute Gasteiger partial charge is 0.191 e. The molecule has 0 aromatic heterocycles. The fraction of sp³-hybridized carbons (Fsp3) is 0.667. The van der Waals surface area contributed by atoms with E-state index in [1.165, 1.54) is 5.56 Å². The first kappa shape index (κ1) is 21.5. The molecule has 0 aliphatic carbocycles. The number of nitrogens with one attached hydrogen (secondary N) is 2. The minimum Gasteiger partial charge on any atom is -0.492 e. The number of benzene rings is 1. The topological polar surface area (TPSA) is 64.1 Å². The van der Waals surface area contributed by atoms with Crippen molar-refractivity contribution in [1.82, 2.24) is 10.6 Å². The minimum atomic E-state index is 0.161. The van der Waals surface area contributed by atoms with Crippen molar-refractivity contribution < 1.29 is 14.2 Å². The summed E-state index contributed by atoms with van der Waals surface area (Å²) >= 11 is 0. The zero-order chi connectivity index (χ0) is 19.5. The average Bonchev–Trinajstić information content (AvgIpc) is 3.16. The summed E-state index contributed by atoms with van der Waals surface area (Å²) in [5, 5.41) is 6.55. The highest BCUT2D eigenvalue weighted by Gasteiger charge is 2.15. The van der Waals surface area contributed by atoms with Crippen LogP contribution >= 0.6 is 0 Å². The molecule has 1 heterocycles. The van der Waals surface area contributed by atoms with E-state index in [0.717, 1.165) is 50.9 Å². The lowest BCUT2D eigenvalue weighted by molar-refractivity contribution is 0.0420. The van der Waals surface area contributed by atoms with Crippen molar-refractivity contribution >= 4 is 5.96 Å². The van der Waals surface area contributed by atoms with Gasteiger partial charge in [-0.15, -0.1) is 0 Å². The maximum Gasteiger partial charge on any atom is 0.191 e. The first-order valence-electron chi connectivity index (χ1n) is 9.86. The van der Waals surface area contributed by atoms with Crippen molar-refractivity contribution in [1.29, 1.82) is 0 Å². The van der Waals surface area contributed by atoms with Gasteiger partial charge in [0.15, 0.2) is 5.96 Å². The van der Waals surface area contributed by atoms with Crippen LogP contribution in [0.1, 0.15) is 39.2 Å². The summed E-state index contributed by atoms with van der Waals surface area (Å²) in [7, 11) is 1.77. The Hall–Kier alpha value is -1.79. The Morgan fingerprint density at radius 1 is 1.15 bits per heavy atom. The maximum absolute atomic E-state index is 5.79. The lowest BCUT2D eigenvalue weighted by atomic mass is 9.87. The molecule has 27 heavy (non-hydrogen) atoms. The second-order valence-electron chi connectivity index (χ2n) is 7.76. The Bertz CT molecular complexity index is 561. The third-order valence-corrected chi connectivity index (χ3v) is 4.46. The predicted octanol–water partition coefficient (Wildman–Crippen LogP) is 2.72. The summed E-state index contributed by atoms with van der Waals surface area (Å²) in [6.07, 6.45) is 2.22. The van der Waals surface area contributed by atoms with Crippen molar-refractivity contribution in [3.05, 3.63) is 29.8 Å². The highest BCUT2D eigenvalue weighted by atomic mass is 16.5. The zero-order valence-corrected chi connectivity index (χ0v) is 17.2. The van der Waals surface area contributed by atoms with Crippen LogP contribution in [-0.4, -0.2) is 58.6 Å². The number of guanidine groups is 1. The Morgan fingerprint density at radius 2 is 1.89 bits per heavy atom. The van der Waals surface area contributed by atoms with Crippen LogP contribution < -0.4 is 15.4 Å². The van der Waals surface area contributed by atoms with E-state index in [9.17, 15) is 0 Å². The summed E-state index contributed by atoms with van der Waals surface area (Å²) in [6, 6.07) is 8.32. The van der Waals surface area contributed by atoms with Crippen LogP contribution in [0.5, 0.6) is 5.75 Å². The first-order chi connectivity index (χ1) is 13.0. The van der Waals surface area contributed by atoms with Gasteiger partial charge in [0.2, 0.25) is 0 Å². The highest BCUT2D eigenvalue weighted by molar-refractivity contribution is 5.79. The molecule has 0 spiro atoms. The molecule has 1 aromatic rings. The number of rotatable bonds is 9. The number of nitrogens with zero attached hydrogens (tertiary/aromatic N) is 1. The molecule has 0 amide bonds. The molecule has 0 radical (unpaired) electrons. The average molecular weight is 378 g/mol. The summed E-state index contributed by atoms with van der Waals surface area (Å²) in [6.45, 7) is 11.0. The molecule has 2 N–H and O–H groups in total. The van der Waals surface area contributed by atoms with Gasteiger partial charge < -0.3 is 24.8 Å². The van der Waals surface area contributed by atoms with Crippen molar-refractivity contribution in [3.8, 4) is 5.75 Å². The van der Waals surface area contributed by atoms with E-state index < -0.39 is 0 Å². The molecule has 1 aliphatic heterocycles.